The summed E-state index contributed by atoms with van der Waals surface area (Å²) in [5.74, 6) is 0.656. The zero-order valence-corrected chi connectivity index (χ0v) is 10.5. The molecule has 0 amide bonds. The summed E-state index contributed by atoms with van der Waals surface area (Å²) in [4.78, 5) is 2.16. The fraction of sp³-hybridized carbons (Fsp3) is 0.333. The molecule has 1 aliphatic rings. The lowest BCUT2D eigenvalue weighted by atomic mass is 10.0. The minimum absolute atomic E-state index is 0.656. The molecule has 1 atom stereocenters. The van der Waals surface area contributed by atoms with Crippen LogP contribution in [0.15, 0.2) is 60.5 Å². The molecule has 0 fully saturated rings. The van der Waals surface area contributed by atoms with Crippen molar-refractivity contribution in [1.82, 2.24) is 4.90 Å². The molecule has 1 heteroatoms. The van der Waals surface area contributed by atoms with Crippen molar-refractivity contribution in [2.45, 2.75) is 20.3 Å². The summed E-state index contributed by atoms with van der Waals surface area (Å²) in [6.45, 7) is 8.09. The third kappa shape index (κ3) is 3.27. The van der Waals surface area contributed by atoms with Crippen molar-refractivity contribution in [3.63, 3.8) is 0 Å². The van der Waals surface area contributed by atoms with Gasteiger partial charge in [0, 0.05) is 18.4 Å². The fourth-order valence-corrected chi connectivity index (χ4v) is 1.63. The van der Waals surface area contributed by atoms with Gasteiger partial charge in [-0.05, 0) is 37.5 Å². The molecule has 86 valence electrons. The lowest BCUT2D eigenvalue weighted by Gasteiger charge is -2.24. The molecule has 0 radical (unpaired) electrons. The number of nitrogens with zero attached hydrogens (tertiary/aromatic N) is 1. The number of likely N-dealkylation sites (N-methyl/N-ethyl adjacent to an activating group) is 1. The van der Waals surface area contributed by atoms with Crippen molar-refractivity contribution in [2.75, 3.05) is 7.05 Å². The third-order valence-corrected chi connectivity index (χ3v) is 2.74. The minimum atomic E-state index is 0.656. The Morgan fingerprint density at radius 3 is 2.81 bits per heavy atom. The number of hydrogen-bond donors (Lipinski definition) is 0. The van der Waals surface area contributed by atoms with Gasteiger partial charge < -0.3 is 4.90 Å². The molecule has 16 heavy (non-hydrogen) atoms. The normalized spacial score (nSPS) is 21.1. The van der Waals surface area contributed by atoms with Gasteiger partial charge in [-0.3, -0.25) is 0 Å². The van der Waals surface area contributed by atoms with E-state index in [0.29, 0.717) is 5.92 Å². The SMILES string of the molecule is C=C/C(=C\C=C/C)N(C)C1=CCC(C)C=C1. The zero-order chi connectivity index (χ0) is 12.0. The van der Waals surface area contributed by atoms with Crippen molar-refractivity contribution in [3.05, 3.63) is 60.5 Å². The number of allylic oxidation sites excluding steroid dienone is 7. The topological polar surface area (TPSA) is 3.24 Å². The highest BCUT2D eigenvalue weighted by atomic mass is 15.1. The second-order valence-electron chi connectivity index (χ2n) is 4.08. The molecule has 1 nitrogen and oxygen atoms in total. The van der Waals surface area contributed by atoms with E-state index in [1.54, 1.807) is 0 Å². The van der Waals surface area contributed by atoms with E-state index in [4.69, 9.17) is 0 Å². The van der Waals surface area contributed by atoms with Crippen molar-refractivity contribution < 1.29 is 0 Å². The Labute approximate surface area is 99.2 Å². The fourth-order valence-electron chi connectivity index (χ4n) is 1.63. The Bertz CT molecular complexity index is 356. The predicted molar refractivity (Wildman–Crippen MR) is 71.9 cm³/mol. The molecule has 1 rings (SSSR count). The highest BCUT2D eigenvalue weighted by Gasteiger charge is 2.08. The summed E-state index contributed by atoms with van der Waals surface area (Å²) >= 11 is 0. The first-order valence-corrected chi connectivity index (χ1v) is 5.76. The van der Waals surface area contributed by atoms with E-state index in [0.717, 1.165) is 12.1 Å². The standard InChI is InChI=1S/C15H21N/c1-5-7-8-14(6-2)16(4)15-11-9-13(3)10-12-15/h5-9,11-13H,2,10H2,1,3-4H3/b7-5-,14-8+. The Kier molecular flexibility index (Phi) is 4.84. The molecule has 0 aromatic rings. The van der Waals surface area contributed by atoms with E-state index in [-0.39, 0.29) is 0 Å². The summed E-state index contributed by atoms with van der Waals surface area (Å²) in [7, 11) is 2.07. The van der Waals surface area contributed by atoms with Gasteiger partial charge >= 0.3 is 0 Å². The summed E-state index contributed by atoms with van der Waals surface area (Å²) in [5, 5.41) is 0. The van der Waals surface area contributed by atoms with Crippen molar-refractivity contribution >= 4 is 0 Å². The van der Waals surface area contributed by atoms with E-state index in [9.17, 15) is 0 Å². The summed E-state index contributed by atoms with van der Waals surface area (Å²) in [6.07, 6.45) is 15.8. The van der Waals surface area contributed by atoms with Crippen LogP contribution in [0.4, 0.5) is 0 Å². The number of hydrogen-bond acceptors (Lipinski definition) is 1. The summed E-state index contributed by atoms with van der Waals surface area (Å²) < 4.78 is 0. The maximum Gasteiger partial charge on any atom is 0.0401 e. The number of rotatable bonds is 4. The minimum Gasteiger partial charge on any atom is -0.345 e. The third-order valence-electron chi connectivity index (χ3n) is 2.74. The van der Waals surface area contributed by atoms with Crippen LogP contribution >= 0.6 is 0 Å². The molecular weight excluding hydrogens is 194 g/mol. The van der Waals surface area contributed by atoms with Crippen LogP contribution in [0.5, 0.6) is 0 Å². The maximum absolute atomic E-state index is 3.85. The highest BCUT2D eigenvalue weighted by Crippen LogP contribution is 2.20. The highest BCUT2D eigenvalue weighted by molar-refractivity contribution is 5.31. The van der Waals surface area contributed by atoms with Gasteiger partial charge in [0.05, 0.1) is 0 Å². The van der Waals surface area contributed by atoms with E-state index < -0.39 is 0 Å². The Balaban J connectivity index is 2.80. The second kappa shape index (κ2) is 6.16. The molecule has 0 bridgehead atoms. The van der Waals surface area contributed by atoms with Crippen LogP contribution in [0.1, 0.15) is 20.3 Å². The molecule has 0 saturated heterocycles. The Hall–Kier alpha value is -1.50. The van der Waals surface area contributed by atoms with Crippen LogP contribution in [-0.2, 0) is 0 Å². The molecule has 0 spiro atoms. The Morgan fingerprint density at radius 2 is 2.31 bits per heavy atom. The van der Waals surface area contributed by atoms with Gasteiger partial charge in [-0.15, -0.1) is 0 Å². The molecule has 0 aromatic heterocycles. The largest absolute Gasteiger partial charge is 0.345 e. The van der Waals surface area contributed by atoms with Crippen LogP contribution in [-0.4, -0.2) is 11.9 Å². The van der Waals surface area contributed by atoms with E-state index in [1.807, 2.05) is 25.2 Å². The average molecular weight is 215 g/mol. The molecular formula is C15H21N. The lowest BCUT2D eigenvalue weighted by molar-refractivity contribution is 0.539. The van der Waals surface area contributed by atoms with Gasteiger partial charge in [0.2, 0.25) is 0 Å². The van der Waals surface area contributed by atoms with Gasteiger partial charge in [0.25, 0.3) is 0 Å². The van der Waals surface area contributed by atoms with Crippen molar-refractivity contribution in [1.29, 1.82) is 0 Å². The van der Waals surface area contributed by atoms with E-state index in [2.05, 4.69) is 49.8 Å². The van der Waals surface area contributed by atoms with Crippen molar-refractivity contribution in [2.24, 2.45) is 5.92 Å². The maximum atomic E-state index is 3.85. The van der Waals surface area contributed by atoms with Crippen LogP contribution in [0.2, 0.25) is 0 Å². The predicted octanol–water partition coefficient (Wildman–Crippen LogP) is 4.04. The monoisotopic (exact) mass is 215 g/mol. The molecule has 0 heterocycles. The molecule has 0 saturated carbocycles. The van der Waals surface area contributed by atoms with Gasteiger partial charge in [0.1, 0.15) is 0 Å². The summed E-state index contributed by atoms with van der Waals surface area (Å²) in [5.41, 5.74) is 2.36. The first kappa shape index (κ1) is 12.6. The summed E-state index contributed by atoms with van der Waals surface area (Å²) in [6, 6.07) is 0. The van der Waals surface area contributed by atoms with E-state index >= 15 is 0 Å². The first-order valence-electron chi connectivity index (χ1n) is 5.76. The second-order valence-corrected chi connectivity index (χ2v) is 4.08. The molecule has 0 aromatic carbocycles. The van der Waals surface area contributed by atoms with Gasteiger partial charge in [-0.1, -0.05) is 37.8 Å². The lowest BCUT2D eigenvalue weighted by Crippen LogP contribution is -2.16. The van der Waals surface area contributed by atoms with Gasteiger partial charge in [-0.2, -0.15) is 0 Å². The zero-order valence-electron chi connectivity index (χ0n) is 10.5. The average Bonchev–Trinajstić information content (AvgIpc) is 2.30. The van der Waals surface area contributed by atoms with E-state index in [1.165, 1.54) is 5.70 Å². The van der Waals surface area contributed by atoms with Gasteiger partial charge in [0.15, 0.2) is 0 Å². The molecule has 0 aliphatic heterocycles. The van der Waals surface area contributed by atoms with Crippen LogP contribution in [0, 0.1) is 5.92 Å². The van der Waals surface area contributed by atoms with Crippen LogP contribution in [0.3, 0.4) is 0 Å². The van der Waals surface area contributed by atoms with Crippen molar-refractivity contribution in [3.8, 4) is 0 Å². The van der Waals surface area contributed by atoms with Crippen LogP contribution in [0.25, 0.3) is 0 Å². The molecule has 1 aliphatic carbocycles. The Morgan fingerprint density at radius 1 is 1.56 bits per heavy atom. The van der Waals surface area contributed by atoms with Crippen LogP contribution < -0.4 is 0 Å². The quantitative estimate of drug-likeness (QED) is 0.640. The smallest absolute Gasteiger partial charge is 0.0401 e. The first-order chi connectivity index (χ1) is 7.69. The van der Waals surface area contributed by atoms with Gasteiger partial charge in [-0.25, -0.2) is 0 Å². The molecule has 0 N–H and O–H groups in total. The molecule has 1 unspecified atom stereocenters.